The van der Waals surface area contributed by atoms with E-state index in [1.807, 2.05) is 0 Å². The third-order valence-electron chi connectivity index (χ3n) is 5.15. The molecule has 2 heterocycles. The summed E-state index contributed by atoms with van der Waals surface area (Å²) in [6.07, 6.45) is 3.45. The van der Waals surface area contributed by atoms with E-state index in [1.54, 1.807) is 0 Å². The van der Waals surface area contributed by atoms with Gasteiger partial charge >= 0.3 is 0 Å². The Morgan fingerprint density at radius 2 is 1.50 bits per heavy atom. The number of likely N-dealkylation sites (N-methyl/N-ethyl adjacent to an activating group) is 1. The van der Waals surface area contributed by atoms with Gasteiger partial charge in [-0.1, -0.05) is 13.8 Å². The number of rotatable bonds is 1. The average Bonchev–Trinajstić information content (AvgIpc) is 2.52. The predicted octanol–water partition coefficient (Wildman–Crippen LogP) is 2.04. The molecule has 2 aliphatic rings. The van der Waals surface area contributed by atoms with Crippen LogP contribution in [0.3, 0.4) is 0 Å². The van der Waals surface area contributed by atoms with Gasteiger partial charge in [-0.25, -0.2) is 0 Å². The first kappa shape index (κ1) is 10.4. The van der Waals surface area contributed by atoms with Crippen molar-refractivity contribution in [1.82, 2.24) is 0 Å². The van der Waals surface area contributed by atoms with Gasteiger partial charge in [-0.05, 0) is 19.8 Å². The van der Waals surface area contributed by atoms with Crippen molar-refractivity contribution in [3.05, 3.63) is 0 Å². The van der Waals surface area contributed by atoms with E-state index < -0.39 is 0 Å². The second kappa shape index (κ2) is 2.53. The Hall–Kier alpha value is -0.0800. The molecule has 0 saturated carbocycles. The number of hydrogen-bond acceptors (Lipinski definition) is 1. The van der Waals surface area contributed by atoms with E-state index in [1.165, 1.54) is 12.8 Å². The molecular formula is C12H24NO+. The fourth-order valence-electron chi connectivity index (χ4n) is 3.62. The van der Waals surface area contributed by atoms with Crippen molar-refractivity contribution in [2.24, 2.45) is 5.41 Å². The summed E-state index contributed by atoms with van der Waals surface area (Å²) >= 11 is 0. The molecule has 0 aliphatic carbocycles. The van der Waals surface area contributed by atoms with Crippen LogP contribution in [0, 0.1) is 5.41 Å². The van der Waals surface area contributed by atoms with E-state index in [0.717, 1.165) is 4.48 Å². The summed E-state index contributed by atoms with van der Waals surface area (Å²) in [4.78, 5) is 0. The molecule has 0 aromatic rings. The minimum atomic E-state index is 0.260. The molecular weight excluding hydrogens is 174 g/mol. The van der Waals surface area contributed by atoms with Crippen molar-refractivity contribution in [3.63, 3.8) is 0 Å². The van der Waals surface area contributed by atoms with Gasteiger partial charge in [0.25, 0.3) is 0 Å². The van der Waals surface area contributed by atoms with E-state index in [2.05, 4.69) is 41.9 Å². The molecule has 2 rings (SSSR count). The minimum absolute atomic E-state index is 0.260. The Kier molecular flexibility index (Phi) is 1.89. The van der Waals surface area contributed by atoms with Crippen molar-refractivity contribution in [1.29, 1.82) is 0 Å². The van der Waals surface area contributed by atoms with Crippen LogP contribution in [0.5, 0.6) is 0 Å². The maximum atomic E-state index is 6.11. The SMILES string of the molecule is CC1(C)C2CCC(O2)C1(C)[N+](C)(C)C. The molecule has 0 N–H and O–H groups in total. The summed E-state index contributed by atoms with van der Waals surface area (Å²) in [6, 6.07) is 0. The van der Waals surface area contributed by atoms with Gasteiger partial charge in [0.15, 0.2) is 0 Å². The highest BCUT2D eigenvalue weighted by Crippen LogP contribution is 2.57. The number of hydrogen-bond donors (Lipinski definition) is 0. The fraction of sp³-hybridized carbons (Fsp3) is 1.00. The standard InChI is InChI=1S/C12H24NO/c1-11(2)9-7-8-10(14-9)12(11,3)13(4,5)6/h9-10H,7-8H2,1-6H3/q+1. The number of nitrogens with zero attached hydrogens (tertiary/aromatic N) is 1. The summed E-state index contributed by atoms with van der Waals surface area (Å²) in [5.74, 6) is 0. The van der Waals surface area contributed by atoms with Gasteiger partial charge in [-0.3, -0.25) is 0 Å². The zero-order chi connectivity index (χ0) is 10.8. The first-order valence-corrected chi connectivity index (χ1v) is 5.68. The van der Waals surface area contributed by atoms with Gasteiger partial charge in [-0.2, -0.15) is 0 Å². The molecule has 2 saturated heterocycles. The number of quaternary nitrogens is 1. The van der Waals surface area contributed by atoms with E-state index in [-0.39, 0.29) is 5.54 Å². The molecule has 82 valence electrons. The Morgan fingerprint density at radius 3 is 1.79 bits per heavy atom. The van der Waals surface area contributed by atoms with Crippen molar-refractivity contribution < 1.29 is 9.22 Å². The quantitative estimate of drug-likeness (QED) is 0.586. The summed E-state index contributed by atoms with van der Waals surface area (Å²) < 4.78 is 7.12. The zero-order valence-corrected chi connectivity index (χ0v) is 10.4. The topological polar surface area (TPSA) is 9.23 Å². The van der Waals surface area contributed by atoms with Gasteiger partial charge < -0.3 is 9.22 Å². The molecule has 2 fully saturated rings. The predicted molar refractivity (Wildman–Crippen MR) is 58.1 cm³/mol. The number of ether oxygens (including phenoxy) is 1. The fourth-order valence-corrected chi connectivity index (χ4v) is 3.62. The lowest BCUT2D eigenvalue weighted by molar-refractivity contribution is -0.931. The monoisotopic (exact) mass is 198 g/mol. The van der Waals surface area contributed by atoms with Crippen LogP contribution in [-0.4, -0.2) is 43.4 Å². The molecule has 0 radical (unpaired) electrons. The van der Waals surface area contributed by atoms with E-state index in [0.29, 0.717) is 17.6 Å². The molecule has 2 aliphatic heterocycles. The zero-order valence-electron chi connectivity index (χ0n) is 10.4. The first-order valence-electron chi connectivity index (χ1n) is 5.68. The van der Waals surface area contributed by atoms with Crippen LogP contribution < -0.4 is 0 Å². The highest BCUT2D eigenvalue weighted by molar-refractivity contribution is 5.11. The average molecular weight is 198 g/mol. The molecule has 0 aromatic heterocycles. The molecule has 0 amide bonds. The van der Waals surface area contributed by atoms with Crippen LogP contribution in [0.1, 0.15) is 33.6 Å². The largest absolute Gasteiger partial charge is 0.368 e. The molecule has 14 heavy (non-hydrogen) atoms. The van der Waals surface area contributed by atoms with Crippen LogP contribution in [0.2, 0.25) is 0 Å². The highest BCUT2D eigenvalue weighted by Gasteiger charge is 2.68. The minimum Gasteiger partial charge on any atom is -0.368 e. The maximum Gasteiger partial charge on any atom is 0.130 e. The molecule has 0 aromatic carbocycles. The van der Waals surface area contributed by atoms with Crippen LogP contribution in [-0.2, 0) is 4.74 Å². The second-order valence-corrected chi connectivity index (χ2v) is 6.57. The van der Waals surface area contributed by atoms with E-state index >= 15 is 0 Å². The number of fused-ring (bicyclic) bond motifs is 2. The van der Waals surface area contributed by atoms with Crippen molar-refractivity contribution in [2.75, 3.05) is 21.1 Å². The highest BCUT2D eigenvalue weighted by atomic mass is 16.5. The third-order valence-corrected chi connectivity index (χ3v) is 5.15. The van der Waals surface area contributed by atoms with Crippen LogP contribution in [0.15, 0.2) is 0 Å². The lowest BCUT2D eigenvalue weighted by atomic mass is 9.62. The Balaban J connectivity index is 2.44. The molecule has 2 heteroatoms. The lowest BCUT2D eigenvalue weighted by Crippen LogP contribution is -2.67. The Labute approximate surface area is 87.8 Å². The maximum absolute atomic E-state index is 6.11. The van der Waals surface area contributed by atoms with Gasteiger partial charge in [0, 0.05) is 5.41 Å². The van der Waals surface area contributed by atoms with Crippen molar-refractivity contribution in [3.8, 4) is 0 Å². The molecule has 0 spiro atoms. The van der Waals surface area contributed by atoms with Gasteiger partial charge in [-0.15, -0.1) is 0 Å². The van der Waals surface area contributed by atoms with E-state index in [9.17, 15) is 0 Å². The van der Waals surface area contributed by atoms with Crippen LogP contribution >= 0.6 is 0 Å². The van der Waals surface area contributed by atoms with Gasteiger partial charge in [0.2, 0.25) is 0 Å². The lowest BCUT2D eigenvalue weighted by Gasteiger charge is -2.53. The molecule has 2 bridgehead atoms. The second-order valence-electron chi connectivity index (χ2n) is 6.57. The summed E-state index contributed by atoms with van der Waals surface area (Å²) in [5.41, 5.74) is 0.560. The Bertz CT molecular complexity index is 254. The normalized spacial score (nSPS) is 45.9. The summed E-state index contributed by atoms with van der Waals surface area (Å²) in [6.45, 7) is 7.15. The summed E-state index contributed by atoms with van der Waals surface area (Å²) in [5, 5.41) is 0. The molecule has 3 unspecified atom stereocenters. The Morgan fingerprint density at radius 1 is 1.00 bits per heavy atom. The van der Waals surface area contributed by atoms with Gasteiger partial charge in [0.05, 0.1) is 27.2 Å². The van der Waals surface area contributed by atoms with Crippen LogP contribution in [0.25, 0.3) is 0 Å². The van der Waals surface area contributed by atoms with Gasteiger partial charge in [0.1, 0.15) is 11.6 Å². The molecule has 3 atom stereocenters. The van der Waals surface area contributed by atoms with Crippen molar-refractivity contribution >= 4 is 0 Å². The molecule has 2 nitrogen and oxygen atoms in total. The first-order chi connectivity index (χ1) is 6.21. The van der Waals surface area contributed by atoms with E-state index in [4.69, 9.17) is 4.74 Å². The third kappa shape index (κ3) is 0.938. The van der Waals surface area contributed by atoms with Crippen molar-refractivity contribution in [2.45, 2.75) is 51.4 Å². The summed E-state index contributed by atoms with van der Waals surface area (Å²) in [7, 11) is 6.89. The van der Waals surface area contributed by atoms with Crippen LogP contribution in [0.4, 0.5) is 0 Å². The smallest absolute Gasteiger partial charge is 0.130 e.